The number of amides is 1. The third-order valence-electron chi connectivity index (χ3n) is 2.41. The quantitative estimate of drug-likeness (QED) is 0.710. The molecule has 0 unspecified atom stereocenters. The number of allylic oxidation sites excluding steroid dienone is 2. The number of carbonyl (C=O) groups excluding carboxylic acids is 1. The third-order valence-corrected chi connectivity index (χ3v) is 2.41. The van der Waals surface area contributed by atoms with Gasteiger partial charge in [-0.2, -0.15) is 0 Å². The topological polar surface area (TPSA) is 23.6 Å². The lowest BCUT2D eigenvalue weighted by Gasteiger charge is -2.13. The maximum absolute atomic E-state index is 10.7. The van der Waals surface area contributed by atoms with Crippen molar-refractivity contribution in [3.63, 3.8) is 0 Å². The van der Waals surface area contributed by atoms with Gasteiger partial charge in [-0.1, -0.05) is 25.3 Å². The minimum atomic E-state index is 0.208. The highest BCUT2D eigenvalue weighted by molar-refractivity contribution is 5.78. The molecule has 1 fully saturated rings. The van der Waals surface area contributed by atoms with E-state index in [-0.39, 0.29) is 5.91 Å². The van der Waals surface area contributed by atoms with Crippen molar-refractivity contribution >= 4 is 5.91 Å². The van der Waals surface area contributed by atoms with Gasteiger partial charge in [-0.05, 0) is 24.9 Å². The lowest BCUT2D eigenvalue weighted by Crippen LogP contribution is -2.16. The molecule has 0 N–H and O–H groups in total. The third kappa shape index (κ3) is 3.77. The van der Waals surface area contributed by atoms with Gasteiger partial charge in [0.1, 0.15) is 0 Å². The lowest BCUT2D eigenvalue weighted by atomic mass is 10.4. The molecule has 2 heterocycles. The molecule has 0 saturated carbocycles. The van der Waals surface area contributed by atoms with Crippen LogP contribution in [0.5, 0.6) is 0 Å². The molecule has 0 radical (unpaired) electrons. The second kappa shape index (κ2) is 6.67. The van der Waals surface area contributed by atoms with Gasteiger partial charge in [0.15, 0.2) is 0 Å². The minimum absolute atomic E-state index is 0.208. The molecule has 2 aliphatic heterocycles. The fourth-order valence-corrected chi connectivity index (χ4v) is 1.48. The summed E-state index contributed by atoms with van der Waals surface area (Å²) in [6.07, 6.45) is 13.2. The van der Waals surface area contributed by atoms with E-state index in [0.29, 0.717) is 6.42 Å². The highest BCUT2D eigenvalue weighted by Crippen LogP contribution is 2.08. The average molecular weight is 218 g/mol. The Morgan fingerprint density at radius 3 is 2.38 bits per heavy atom. The second-order valence-electron chi connectivity index (χ2n) is 3.52. The average Bonchev–Trinajstić information content (AvgIpc) is 2.76. The zero-order valence-corrected chi connectivity index (χ0v) is 9.51. The van der Waals surface area contributed by atoms with Crippen LogP contribution in [0.25, 0.3) is 0 Å². The van der Waals surface area contributed by atoms with Crippen molar-refractivity contribution in [2.45, 2.75) is 12.8 Å². The van der Waals surface area contributed by atoms with Gasteiger partial charge in [-0.3, -0.25) is 4.79 Å². The molecule has 0 atom stereocenters. The van der Waals surface area contributed by atoms with Gasteiger partial charge in [0.25, 0.3) is 0 Å². The lowest BCUT2D eigenvalue weighted by molar-refractivity contribution is -0.125. The molecule has 0 aliphatic carbocycles. The van der Waals surface area contributed by atoms with Crippen molar-refractivity contribution in [1.29, 1.82) is 0 Å². The zero-order valence-electron chi connectivity index (χ0n) is 9.51. The molecular formula is C13H18N2O. The summed E-state index contributed by atoms with van der Waals surface area (Å²) >= 11 is 0. The van der Waals surface area contributed by atoms with Gasteiger partial charge in [0.2, 0.25) is 5.91 Å². The summed E-state index contributed by atoms with van der Waals surface area (Å²) in [7, 11) is 0. The highest BCUT2D eigenvalue weighted by atomic mass is 16.2. The van der Waals surface area contributed by atoms with E-state index in [1.54, 1.807) is 17.3 Å². The largest absolute Gasteiger partial charge is 0.351 e. The molecule has 0 aromatic rings. The minimum Gasteiger partial charge on any atom is -0.351 e. The molecule has 0 spiro atoms. The SMILES string of the molecule is C=CN1C=CC=CC1.C=CN1CCCC1=O. The predicted octanol–water partition coefficient (Wildman–Crippen LogP) is 2.27. The maximum atomic E-state index is 10.7. The van der Waals surface area contributed by atoms with Gasteiger partial charge >= 0.3 is 0 Å². The van der Waals surface area contributed by atoms with E-state index >= 15 is 0 Å². The Morgan fingerprint density at radius 2 is 2.06 bits per heavy atom. The van der Waals surface area contributed by atoms with Crippen molar-refractivity contribution in [3.05, 3.63) is 50.0 Å². The molecule has 0 bridgehead atoms. The number of rotatable bonds is 2. The van der Waals surface area contributed by atoms with Gasteiger partial charge in [-0.15, -0.1) is 0 Å². The first kappa shape index (κ1) is 12.3. The standard InChI is InChI=1S/C7H9N.C6H9NO/c1-2-8-6-4-3-5-7-8;1-2-7-5-3-4-6(7)8/h2-6H,1,7H2;2H,1,3-5H2. The smallest absolute Gasteiger partial charge is 0.226 e. The Labute approximate surface area is 97.0 Å². The first-order valence-electron chi connectivity index (χ1n) is 5.41. The molecule has 1 saturated heterocycles. The summed E-state index contributed by atoms with van der Waals surface area (Å²) in [5, 5.41) is 0. The molecule has 3 heteroatoms. The van der Waals surface area contributed by atoms with Crippen LogP contribution in [0.3, 0.4) is 0 Å². The van der Waals surface area contributed by atoms with Crippen molar-refractivity contribution in [2.24, 2.45) is 0 Å². The molecule has 1 amide bonds. The van der Waals surface area contributed by atoms with E-state index in [2.05, 4.69) is 19.2 Å². The molecule has 3 nitrogen and oxygen atoms in total. The van der Waals surface area contributed by atoms with Crippen LogP contribution in [0.2, 0.25) is 0 Å². The Morgan fingerprint density at radius 1 is 1.25 bits per heavy atom. The van der Waals surface area contributed by atoms with Crippen LogP contribution in [0.15, 0.2) is 50.0 Å². The Hall–Kier alpha value is -1.77. The van der Waals surface area contributed by atoms with Gasteiger partial charge in [0, 0.05) is 25.7 Å². The molecule has 16 heavy (non-hydrogen) atoms. The summed E-state index contributed by atoms with van der Waals surface area (Å²) in [6, 6.07) is 0. The molecule has 2 rings (SSSR count). The van der Waals surface area contributed by atoms with E-state index in [9.17, 15) is 4.79 Å². The van der Waals surface area contributed by atoms with E-state index < -0.39 is 0 Å². The fraction of sp³-hybridized carbons (Fsp3) is 0.308. The zero-order chi connectivity index (χ0) is 11.8. The van der Waals surface area contributed by atoms with Crippen molar-refractivity contribution in [3.8, 4) is 0 Å². The van der Waals surface area contributed by atoms with Crippen molar-refractivity contribution in [1.82, 2.24) is 9.80 Å². The van der Waals surface area contributed by atoms with E-state index in [0.717, 1.165) is 19.5 Å². The number of hydrogen-bond acceptors (Lipinski definition) is 2. The van der Waals surface area contributed by atoms with Crippen LogP contribution in [0.4, 0.5) is 0 Å². The molecular weight excluding hydrogens is 200 g/mol. The predicted molar refractivity (Wildman–Crippen MR) is 66.3 cm³/mol. The Balaban J connectivity index is 0.000000160. The number of nitrogens with zero attached hydrogens (tertiary/aromatic N) is 2. The van der Waals surface area contributed by atoms with Crippen LogP contribution in [0, 0.1) is 0 Å². The van der Waals surface area contributed by atoms with Gasteiger partial charge < -0.3 is 9.80 Å². The number of carbonyl (C=O) groups is 1. The second-order valence-corrected chi connectivity index (χ2v) is 3.52. The first-order valence-corrected chi connectivity index (χ1v) is 5.41. The summed E-state index contributed by atoms with van der Waals surface area (Å²) in [6.45, 7) is 8.95. The molecule has 2 aliphatic rings. The van der Waals surface area contributed by atoms with Crippen LogP contribution in [-0.2, 0) is 4.79 Å². The number of hydrogen-bond donors (Lipinski definition) is 0. The van der Waals surface area contributed by atoms with E-state index in [4.69, 9.17) is 0 Å². The summed E-state index contributed by atoms with van der Waals surface area (Å²) in [4.78, 5) is 14.3. The van der Waals surface area contributed by atoms with Gasteiger partial charge in [-0.25, -0.2) is 0 Å². The first-order chi connectivity index (χ1) is 7.77. The van der Waals surface area contributed by atoms with Crippen LogP contribution in [-0.4, -0.2) is 28.8 Å². The summed E-state index contributed by atoms with van der Waals surface area (Å²) < 4.78 is 0. The fourth-order valence-electron chi connectivity index (χ4n) is 1.48. The van der Waals surface area contributed by atoms with E-state index in [1.165, 1.54) is 0 Å². The van der Waals surface area contributed by atoms with E-state index in [1.807, 2.05) is 23.3 Å². The van der Waals surface area contributed by atoms with Crippen LogP contribution < -0.4 is 0 Å². The Kier molecular flexibility index (Phi) is 5.12. The number of likely N-dealkylation sites (tertiary alicyclic amines) is 1. The van der Waals surface area contributed by atoms with Gasteiger partial charge in [0.05, 0.1) is 0 Å². The van der Waals surface area contributed by atoms with Crippen molar-refractivity contribution < 1.29 is 4.79 Å². The molecule has 86 valence electrons. The normalized spacial score (nSPS) is 18.1. The van der Waals surface area contributed by atoms with Crippen LogP contribution in [0.1, 0.15) is 12.8 Å². The molecule has 0 aromatic carbocycles. The Bertz CT molecular complexity index is 318. The molecule has 0 aromatic heterocycles. The summed E-state index contributed by atoms with van der Waals surface area (Å²) in [5.41, 5.74) is 0. The summed E-state index contributed by atoms with van der Waals surface area (Å²) in [5.74, 6) is 0.208. The van der Waals surface area contributed by atoms with Crippen LogP contribution >= 0.6 is 0 Å². The monoisotopic (exact) mass is 218 g/mol. The maximum Gasteiger partial charge on any atom is 0.226 e. The highest BCUT2D eigenvalue weighted by Gasteiger charge is 2.15. The van der Waals surface area contributed by atoms with Crippen molar-refractivity contribution in [2.75, 3.05) is 13.1 Å².